The lowest BCUT2D eigenvalue weighted by molar-refractivity contribution is -0.157. The first-order valence-electron chi connectivity index (χ1n) is 8.00. The van der Waals surface area contributed by atoms with E-state index in [2.05, 4.69) is 6.92 Å². The van der Waals surface area contributed by atoms with Crippen LogP contribution in [0.1, 0.15) is 77.6 Å². The van der Waals surface area contributed by atoms with E-state index in [4.69, 9.17) is 4.74 Å². The second-order valence-electron chi connectivity index (χ2n) is 6.20. The third-order valence-electron chi connectivity index (χ3n) is 4.71. The van der Waals surface area contributed by atoms with Crippen molar-refractivity contribution in [2.24, 2.45) is 11.8 Å². The van der Waals surface area contributed by atoms with Crippen LogP contribution in [-0.4, -0.2) is 12.1 Å². The van der Waals surface area contributed by atoms with Gasteiger partial charge < -0.3 is 4.74 Å². The van der Waals surface area contributed by atoms with Crippen LogP contribution < -0.4 is 0 Å². The summed E-state index contributed by atoms with van der Waals surface area (Å²) in [6.07, 6.45) is 13.4. The molecule has 0 unspecified atom stereocenters. The molecular formula is C16H28O2. The minimum atomic E-state index is 0.105. The fraction of sp³-hybridized carbons (Fsp3) is 0.938. The lowest BCUT2D eigenvalue weighted by Crippen LogP contribution is -2.29. The summed E-state index contributed by atoms with van der Waals surface area (Å²) in [5.41, 5.74) is 0. The van der Waals surface area contributed by atoms with E-state index in [1.807, 2.05) is 0 Å². The van der Waals surface area contributed by atoms with Crippen LogP contribution >= 0.6 is 0 Å². The number of hydrogen-bond acceptors (Lipinski definition) is 2. The van der Waals surface area contributed by atoms with E-state index in [1.165, 1.54) is 44.9 Å². The number of rotatable bonds is 4. The van der Waals surface area contributed by atoms with Crippen LogP contribution in [0, 0.1) is 11.8 Å². The molecule has 0 N–H and O–H groups in total. The molecule has 0 bridgehead atoms. The van der Waals surface area contributed by atoms with Crippen LogP contribution in [-0.2, 0) is 9.53 Å². The minimum absolute atomic E-state index is 0.105. The van der Waals surface area contributed by atoms with Crippen LogP contribution in [0.5, 0.6) is 0 Å². The molecule has 0 atom stereocenters. The predicted molar refractivity (Wildman–Crippen MR) is 73.3 cm³/mol. The van der Waals surface area contributed by atoms with E-state index < -0.39 is 0 Å². The second-order valence-corrected chi connectivity index (χ2v) is 6.20. The van der Waals surface area contributed by atoms with Gasteiger partial charge in [0.1, 0.15) is 6.10 Å². The van der Waals surface area contributed by atoms with Crippen LogP contribution in [0.25, 0.3) is 0 Å². The zero-order valence-corrected chi connectivity index (χ0v) is 11.8. The molecule has 2 nitrogen and oxygen atoms in total. The normalized spacial score (nSPS) is 30.1. The van der Waals surface area contributed by atoms with Gasteiger partial charge >= 0.3 is 5.97 Å². The molecule has 0 radical (unpaired) electrons. The Hall–Kier alpha value is -0.530. The quantitative estimate of drug-likeness (QED) is 0.690. The highest BCUT2D eigenvalue weighted by Gasteiger charge is 2.27. The summed E-state index contributed by atoms with van der Waals surface area (Å²) in [4.78, 5) is 12.1. The average molecular weight is 252 g/mol. The van der Waals surface area contributed by atoms with Crippen molar-refractivity contribution in [3.05, 3.63) is 0 Å². The summed E-state index contributed by atoms with van der Waals surface area (Å²) in [6, 6.07) is 0. The maximum Gasteiger partial charge on any atom is 0.309 e. The van der Waals surface area contributed by atoms with Crippen molar-refractivity contribution in [2.75, 3.05) is 0 Å². The number of esters is 1. The van der Waals surface area contributed by atoms with Crippen molar-refractivity contribution < 1.29 is 9.53 Å². The molecule has 0 amide bonds. The molecule has 0 aromatic carbocycles. The molecule has 0 aromatic heterocycles. The molecule has 2 rings (SSSR count). The molecule has 0 saturated heterocycles. The second kappa shape index (κ2) is 7.16. The van der Waals surface area contributed by atoms with Crippen LogP contribution in [0.15, 0.2) is 0 Å². The van der Waals surface area contributed by atoms with Gasteiger partial charge in [-0.05, 0) is 44.4 Å². The lowest BCUT2D eigenvalue weighted by Gasteiger charge is -2.30. The van der Waals surface area contributed by atoms with Gasteiger partial charge in [0.2, 0.25) is 0 Å². The van der Waals surface area contributed by atoms with Gasteiger partial charge in [-0.3, -0.25) is 4.79 Å². The zero-order valence-electron chi connectivity index (χ0n) is 11.8. The molecule has 0 aromatic rings. The Morgan fingerprint density at radius 3 is 2.28 bits per heavy atom. The van der Waals surface area contributed by atoms with Gasteiger partial charge in [-0.1, -0.05) is 39.0 Å². The largest absolute Gasteiger partial charge is 0.462 e. The first-order valence-corrected chi connectivity index (χ1v) is 8.00. The molecule has 0 aliphatic heterocycles. The summed E-state index contributed by atoms with van der Waals surface area (Å²) < 4.78 is 5.72. The standard InChI is InChI=1S/C16H28O2/c1-2-6-13-9-11-15(12-10-13)18-16(17)14-7-4-3-5-8-14/h13-15H,2-12H2,1H3. The average Bonchev–Trinajstić information content (AvgIpc) is 2.42. The fourth-order valence-corrected chi connectivity index (χ4v) is 3.55. The van der Waals surface area contributed by atoms with Gasteiger partial charge in [0.25, 0.3) is 0 Å². The molecule has 0 heterocycles. The van der Waals surface area contributed by atoms with Crippen molar-refractivity contribution in [2.45, 2.75) is 83.7 Å². The third kappa shape index (κ3) is 4.00. The van der Waals surface area contributed by atoms with Gasteiger partial charge in [0.15, 0.2) is 0 Å². The molecular weight excluding hydrogens is 224 g/mol. The van der Waals surface area contributed by atoms with Gasteiger partial charge in [-0.15, -0.1) is 0 Å². The highest BCUT2D eigenvalue weighted by atomic mass is 16.5. The summed E-state index contributed by atoms with van der Waals surface area (Å²) in [7, 11) is 0. The van der Waals surface area contributed by atoms with Gasteiger partial charge in [-0.25, -0.2) is 0 Å². The SMILES string of the molecule is CCCC1CCC(OC(=O)C2CCCCC2)CC1. The van der Waals surface area contributed by atoms with Gasteiger partial charge in [0, 0.05) is 0 Å². The van der Waals surface area contributed by atoms with E-state index in [9.17, 15) is 4.79 Å². The predicted octanol–water partition coefficient (Wildman–Crippen LogP) is 4.47. The number of ether oxygens (including phenoxy) is 1. The molecule has 0 spiro atoms. The zero-order chi connectivity index (χ0) is 12.8. The van der Waals surface area contributed by atoms with Gasteiger partial charge in [0.05, 0.1) is 5.92 Å². The van der Waals surface area contributed by atoms with E-state index in [0.717, 1.165) is 31.6 Å². The monoisotopic (exact) mass is 252 g/mol. The maximum atomic E-state index is 12.1. The molecule has 104 valence electrons. The summed E-state index contributed by atoms with van der Waals surface area (Å²) in [5, 5.41) is 0. The Labute approximate surface area is 111 Å². The molecule has 2 heteroatoms. The first kappa shape index (κ1) is 13.9. The minimum Gasteiger partial charge on any atom is -0.462 e. The number of hydrogen-bond donors (Lipinski definition) is 0. The molecule has 18 heavy (non-hydrogen) atoms. The Kier molecular flexibility index (Phi) is 5.52. The Morgan fingerprint density at radius 2 is 1.67 bits per heavy atom. The van der Waals surface area contributed by atoms with Crippen molar-refractivity contribution in [1.29, 1.82) is 0 Å². The van der Waals surface area contributed by atoms with Crippen molar-refractivity contribution >= 4 is 5.97 Å². The summed E-state index contributed by atoms with van der Waals surface area (Å²) in [5.74, 6) is 1.21. The Balaban J connectivity index is 1.68. The Bertz CT molecular complexity index is 248. The van der Waals surface area contributed by atoms with E-state index >= 15 is 0 Å². The topological polar surface area (TPSA) is 26.3 Å². The van der Waals surface area contributed by atoms with Crippen LogP contribution in [0.4, 0.5) is 0 Å². The van der Waals surface area contributed by atoms with E-state index in [-0.39, 0.29) is 18.0 Å². The van der Waals surface area contributed by atoms with Gasteiger partial charge in [-0.2, -0.15) is 0 Å². The molecule has 2 aliphatic carbocycles. The van der Waals surface area contributed by atoms with E-state index in [0.29, 0.717) is 0 Å². The molecule has 2 saturated carbocycles. The van der Waals surface area contributed by atoms with Crippen molar-refractivity contribution in [1.82, 2.24) is 0 Å². The molecule has 2 fully saturated rings. The third-order valence-corrected chi connectivity index (χ3v) is 4.71. The van der Waals surface area contributed by atoms with Crippen molar-refractivity contribution in [3.63, 3.8) is 0 Å². The fourth-order valence-electron chi connectivity index (χ4n) is 3.55. The molecule has 2 aliphatic rings. The van der Waals surface area contributed by atoms with Crippen LogP contribution in [0.3, 0.4) is 0 Å². The lowest BCUT2D eigenvalue weighted by atomic mass is 9.84. The maximum absolute atomic E-state index is 12.1. The first-order chi connectivity index (χ1) is 8.79. The summed E-state index contributed by atoms with van der Waals surface area (Å²) in [6.45, 7) is 2.26. The highest BCUT2D eigenvalue weighted by Crippen LogP contribution is 2.31. The highest BCUT2D eigenvalue weighted by molar-refractivity contribution is 5.72. The number of carbonyl (C=O) groups is 1. The smallest absolute Gasteiger partial charge is 0.309 e. The van der Waals surface area contributed by atoms with E-state index in [1.54, 1.807) is 0 Å². The number of carbonyl (C=O) groups excluding carboxylic acids is 1. The summed E-state index contributed by atoms with van der Waals surface area (Å²) >= 11 is 0. The van der Waals surface area contributed by atoms with Crippen molar-refractivity contribution in [3.8, 4) is 0 Å². The Morgan fingerprint density at radius 1 is 1.00 bits per heavy atom. The van der Waals surface area contributed by atoms with Crippen LogP contribution in [0.2, 0.25) is 0 Å².